The summed E-state index contributed by atoms with van der Waals surface area (Å²) < 4.78 is 8.78. The molecule has 0 aliphatic heterocycles. The number of rotatable bonds is 9. The molecule has 0 bridgehead atoms. The molecular weight excluding hydrogens is 428 g/mol. The second-order valence-corrected chi connectivity index (χ2v) is 8.75. The van der Waals surface area contributed by atoms with E-state index in [-0.39, 0.29) is 11.7 Å². The number of thioether (sulfide) groups is 1. The minimum Gasteiger partial charge on any atom is -0.494 e. The van der Waals surface area contributed by atoms with Crippen LogP contribution in [0.3, 0.4) is 0 Å². The number of aromatic nitrogens is 3. The van der Waals surface area contributed by atoms with Crippen LogP contribution in [0.25, 0.3) is 21.5 Å². The van der Waals surface area contributed by atoms with Gasteiger partial charge >= 0.3 is 0 Å². The van der Waals surface area contributed by atoms with E-state index in [1.165, 1.54) is 21.8 Å². The maximum absolute atomic E-state index is 12.5. The molecule has 0 unspecified atom stereocenters. The van der Waals surface area contributed by atoms with Gasteiger partial charge in [-0.15, -0.1) is 21.5 Å². The molecular formula is C23H24N4O2S2. The molecule has 4 aromatic rings. The number of hydrogen-bond acceptors (Lipinski definition) is 6. The highest BCUT2D eigenvalue weighted by Gasteiger charge is 2.18. The van der Waals surface area contributed by atoms with E-state index in [2.05, 4.69) is 44.5 Å². The van der Waals surface area contributed by atoms with Crippen molar-refractivity contribution in [3.63, 3.8) is 0 Å². The lowest BCUT2D eigenvalue weighted by molar-refractivity contribution is -0.113. The molecule has 4 rings (SSSR count). The van der Waals surface area contributed by atoms with Crippen molar-refractivity contribution in [1.82, 2.24) is 14.8 Å². The summed E-state index contributed by atoms with van der Waals surface area (Å²) in [5.74, 6) is 1.83. The smallest absolute Gasteiger partial charge is 0.234 e. The van der Waals surface area contributed by atoms with Crippen molar-refractivity contribution < 1.29 is 9.53 Å². The average Bonchev–Trinajstić information content (AvgIpc) is 3.38. The number of nitrogens with zero attached hydrogens (tertiary/aromatic N) is 3. The van der Waals surface area contributed by atoms with Crippen molar-refractivity contribution in [2.24, 2.45) is 0 Å². The molecule has 1 amide bonds. The van der Waals surface area contributed by atoms with E-state index in [1.807, 2.05) is 43.3 Å². The molecule has 0 saturated carbocycles. The van der Waals surface area contributed by atoms with Crippen LogP contribution in [0.5, 0.6) is 5.75 Å². The fourth-order valence-electron chi connectivity index (χ4n) is 3.30. The van der Waals surface area contributed by atoms with E-state index in [4.69, 9.17) is 4.74 Å². The molecule has 0 aliphatic rings. The summed E-state index contributed by atoms with van der Waals surface area (Å²) in [5, 5.41) is 15.9. The van der Waals surface area contributed by atoms with E-state index >= 15 is 0 Å². The van der Waals surface area contributed by atoms with Crippen LogP contribution in [0.1, 0.15) is 20.3 Å². The quantitative estimate of drug-likeness (QED) is 0.330. The zero-order valence-electron chi connectivity index (χ0n) is 17.5. The van der Waals surface area contributed by atoms with E-state index in [0.717, 1.165) is 40.9 Å². The maximum Gasteiger partial charge on any atom is 0.234 e. The number of thiophene rings is 1. The van der Waals surface area contributed by atoms with Gasteiger partial charge in [0.25, 0.3) is 0 Å². The molecule has 31 heavy (non-hydrogen) atoms. The number of benzene rings is 2. The molecule has 8 heteroatoms. The van der Waals surface area contributed by atoms with Gasteiger partial charge in [-0.1, -0.05) is 36.9 Å². The highest BCUT2D eigenvalue weighted by atomic mass is 32.2. The first-order valence-electron chi connectivity index (χ1n) is 10.2. The van der Waals surface area contributed by atoms with Crippen LogP contribution in [0.15, 0.2) is 59.1 Å². The van der Waals surface area contributed by atoms with E-state index in [9.17, 15) is 4.79 Å². The highest BCUT2D eigenvalue weighted by molar-refractivity contribution is 7.99. The topological polar surface area (TPSA) is 69.0 Å². The lowest BCUT2D eigenvalue weighted by Gasteiger charge is -2.09. The Morgan fingerprint density at radius 3 is 2.71 bits per heavy atom. The Kier molecular flexibility index (Phi) is 6.89. The maximum atomic E-state index is 12.5. The van der Waals surface area contributed by atoms with E-state index in [1.54, 1.807) is 11.3 Å². The van der Waals surface area contributed by atoms with Gasteiger partial charge in [-0.3, -0.25) is 4.79 Å². The van der Waals surface area contributed by atoms with Gasteiger partial charge in [0, 0.05) is 33.3 Å². The molecule has 2 heterocycles. The van der Waals surface area contributed by atoms with Crippen LogP contribution in [0.2, 0.25) is 0 Å². The Balaban J connectivity index is 1.46. The highest BCUT2D eigenvalue weighted by Crippen LogP contribution is 2.34. The fourth-order valence-corrected chi connectivity index (χ4v) is 5.00. The van der Waals surface area contributed by atoms with Crippen LogP contribution in [-0.4, -0.2) is 33.0 Å². The second-order valence-electron chi connectivity index (χ2n) is 6.90. The minimum absolute atomic E-state index is 0.0808. The van der Waals surface area contributed by atoms with Crippen LogP contribution in [0, 0.1) is 0 Å². The molecule has 0 saturated heterocycles. The third kappa shape index (κ3) is 4.91. The first-order valence-corrected chi connectivity index (χ1v) is 12.1. The van der Waals surface area contributed by atoms with Gasteiger partial charge in [0.2, 0.25) is 5.91 Å². The largest absolute Gasteiger partial charge is 0.494 e. The van der Waals surface area contributed by atoms with Gasteiger partial charge in [0.1, 0.15) is 5.75 Å². The van der Waals surface area contributed by atoms with Crippen molar-refractivity contribution in [2.75, 3.05) is 17.7 Å². The SMILES string of the molecule is CCCn1c(SCC(=O)Nc2ccc(OCC)cc2)nnc1-c1csc2ccccc12. The number of anilines is 1. The van der Waals surface area contributed by atoms with Gasteiger partial charge in [-0.25, -0.2) is 0 Å². The predicted molar refractivity (Wildman–Crippen MR) is 128 cm³/mol. The van der Waals surface area contributed by atoms with E-state index < -0.39 is 0 Å². The zero-order valence-corrected chi connectivity index (χ0v) is 19.1. The molecule has 1 N–H and O–H groups in total. The Morgan fingerprint density at radius 2 is 1.94 bits per heavy atom. The number of carbonyl (C=O) groups is 1. The molecule has 160 valence electrons. The molecule has 0 fully saturated rings. The Bertz CT molecular complexity index is 1170. The lowest BCUT2D eigenvalue weighted by atomic mass is 10.1. The lowest BCUT2D eigenvalue weighted by Crippen LogP contribution is -2.14. The number of hydrogen-bond donors (Lipinski definition) is 1. The molecule has 2 aromatic carbocycles. The summed E-state index contributed by atoms with van der Waals surface area (Å²) in [4.78, 5) is 12.5. The third-order valence-corrected chi connectivity index (χ3v) is 6.60. The minimum atomic E-state index is -0.0808. The van der Waals surface area contributed by atoms with Crippen LogP contribution < -0.4 is 10.1 Å². The van der Waals surface area contributed by atoms with Gasteiger partial charge in [-0.2, -0.15) is 0 Å². The number of ether oxygens (including phenoxy) is 1. The molecule has 6 nitrogen and oxygen atoms in total. The van der Waals surface area contributed by atoms with Crippen molar-refractivity contribution >= 4 is 44.8 Å². The van der Waals surface area contributed by atoms with Crippen molar-refractivity contribution in [2.45, 2.75) is 32.0 Å². The summed E-state index contributed by atoms with van der Waals surface area (Å²) in [6, 6.07) is 15.7. The second kappa shape index (κ2) is 9.98. The van der Waals surface area contributed by atoms with Crippen LogP contribution >= 0.6 is 23.1 Å². The molecule has 2 aromatic heterocycles. The van der Waals surface area contributed by atoms with Crippen molar-refractivity contribution in [3.05, 3.63) is 53.9 Å². The third-order valence-electron chi connectivity index (χ3n) is 4.67. The monoisotopic (exact) mass is 452 g/mol. The van der Waals surface area contributed by atoms with Gasteiger partial charge < -0.3 is 14.6 Å². The average molecular weight is 453 g/mol. The summed E-state index contributed by atoms with van der Waals surface area (Å²) in [7, 11) is 0. The Hall–Kier alpha value is -2.84. The van der Waals surface area contributed by atoms with Crippen LogP contribution in [0.4, 0.5) is 5.69 Å². The van der Waals surface area contributed by atoms with Crippen LogP contribution in [-0.2, 0) is 11.3 Å². The first kappa shape index (κ1) is 21.4. The van der Waals surface area contributed by atoms with Gasteiger partial charge in [-0.05, 0) is 43.7 Å². The summed E-state index contributed by atoms with van der Waals surface area (Å²) in [6.07, 6.45) is 0.957. The number of fused-ring (bicyclic) bond motifs is 1. The Morgan fingerprint density at radius 1 is 1.13 bits per heavy atom. The van der Waals surface area contributed by atoms with Crippen molar-refractivity contribution in [1.29, 1.82) is 0 Å². The Labute approximate surface area is 189 Å². The summed E-state index contributed by atoms with van der Waals surface area (Å²) in [5.41, 5.74) is 1.83. The molecule has 0 radical (unpaired) electrons. The number of nitrogens with one attached hydrogen (secondary N) is 1. The summed E-state index contributed by atoms with van der Waals surface area (Å²) in [6.45, 7) is 5.48. The zero-order chi connectivity index (χ0) is 21.6. The first-order chi connectivity index (χ1) is 15.2. The van der Waals surface area contributed by atoms with Gasteiger partial charge in [0.05, 0.1) is 12.4 Å². The normalized spacial score (nSPS) is 11.0. The fraction of sp³-hybridized carbons (Fsp3) is 0.261. The number of carbonyl (C=O) groups excluding carboxylic acids is 1. The number of amides is 1. The summed E-state index contributed by atoms with van der Waals surface area (Å²) >= 11 is 3.11. The molecule has 0 spiro atoms. The molecule has 0 aliphatic carbocycles. The molecule has 0 atom stereocenters. The van der Waals surface area contributed by atoms with Gasteiger partial charge in [0.15, 0.2) is 11.0 Å². The standard InChI is InChI=1S/C23H24N4O2S2/c1-3-13-27-22(19-14-30-20-8-6-5-7-18(19)20)25-26-23(27)31-15-21(28)24-16-9-11-17(12-10-16)29-4-2/h5-12,14H,3-4,13,15H2,1-2H3,(H,24,28). The van der Waals surface area contributed by atoms with E-state index in [0.29, 0.717) is 6.61 Å². The predicted octanol–water partition coefficient (Wildman–Crippen LogP) is 5.70. The van der Waals surface area contributed by atoms with Crippen molar-refractivity contribution in [3.8, 4) is 17.1 Å².